The summed E-state index contributed by atoms with van der Waals surface area (Å²) in [4.78, 5) is 0. The molecule has 0 fully saturated rings. The second-order valence-corrected chi connectivity index (χ2v) is 2.54. The molecule has 1 unspecified atom stereocenters. The molecular weight excluding hydrogens is 108 g/mol. The Labute approximate surface area is 59.0 Å². The van der Waals surface area contributed by atoms with Gasteiger partial charge in [0.2, 0.25) is 0 Å². The maximum absolute atomic E-state index is 3.84. The van der Waals surface area contributed by atoms with E-state index in [9.17, 15) is 0 Å². The fraction of sp³-hybridized carbons (Fsp3) is 0.667. The first-order valence-electron chi connectivity index (χ1n) is 3.71. The molecule has 0 rings (SSSR count). The highest BCUT2D eigenvalue weighted by molar-refractivity contribution is 4.77. The summed E-state index contributed by atoms with van der Waals surface area (Å²) >= 11 is 0. The summed E-state index contributed by atoms with van der Waals surface area (Å²) in [5.74, 6) is 0.793. The summed E-state index contributed by atoms with van der Waals surface area (Å²) in [7, 11) is 0. The first-order valence-corrected chi connectivity index (χ1v) is 3.71. The van der Waals surface area contributed by atoms with Gasteiger partial charge in [-0.1, -0.05) is 32.4 Å². The van der Waals surface area contributed by atoms with E-state index in [1.807, 2.05) is 0 Å². The highest BCUT2D eigenvalue weighted by Gasteiger charge is 1.94. The molecule has 0 heterocycles. The van der Waals surface area contributed by atoms with Crippen LogP contribution in [0, 0.1) is 12.8 Å². The first-order chi connectivity index (χ1) is 4.31. The third-order valence-corrected chi connectivity index (χ3v) is 1.55. The van der Waals surface area contributed by atoms with Crippen LogP contribution < -0.4 is 0 Å². The summed E-state index contributed by atoms with van der Waals surface area (Å²) in [6, 6.07) is 0. The van der Waals surface area contributed by atoms with E-state index in [4.69, 9.17) is 0 Å². The zero-order chi connectivity index (χ0) is 7.11. The van der Waals surface area contributed by atoms with Crippen molar-refractivity contribution in [3.63, 3.8) is 0 Å². The predicted octanol–water partition coefficient (Wildman–Crippen LogP) is 3.20. The zero-order valence-electron chi connectivity index (χ0n) is 6.56. The van der Waals surface area contributed by atoms with E-state index in [1.54, 1.807) is 0 Å². The molecule has 0 aromatic heterocycles. The average molecular weight is 125 g/mol. The molecule has 0 saturated carbocycles. The van der Waals surface area contributed by atoms with E-state index in [0.717, 1.165) is 12.3 Å². The van der Waals surface area contributed by atoms with Crippen molar-refractivity contribution in [3.05, 3.63) is 19.1 Å². The van der Waals surface area contributed by atoms with Crippen LogP contribution in [0.15, 0.2) is 12.2 Å². The van der Waals surface area contributed by atoms with Crippen LogP contribution in [0.5, 0.6) is 0 Å². The van der Waals surface area contributed by atoms with Crippen LogP contribution in [0.2, 0.25) is 0 Å². The molecule has 0 nitrogen and oxygen atoms in total. The molecule has 0 bridgehead atoms. The lowest BCUT2D eigenvalue weighted by molar-refractivity contribution is 0.545. The second-order valence-electron chi connectivity index (χ2n) is 2.54. The monoisotopic (exact) mass is 125 g/mol. The smallest absolute Gasteiger partial charge is 0.0348 e. The molecule has 0 aromatic rings. The van der Waals surface area contributed by atoms with Crippen LogP contribution in [0.3, 0.4) is 0 Å². The van der Waals surface area contributed by atoms with Crippen molar-refractivity contribution < 1.29 is 0 Å². The molecular formula is C9H17. The van der Waals surface area contributed by atoms with Gasteiger partial charge in [0.05, 0.1) is 0 Å². The third kappa shape index (κ3) is 5.61. The van der Waals surface area contributed by atoms with Gasteiger partial charge in [-0.05, 0) is 25.7 Å². The lowest BCUT2D eigenvalue weighted by Crippen LogP contribution is -1.89. The molecule has 0 saturated heterocycles. The molecule has 0 N–H and O–H groups in total. The largest absolute Gasteiger partial charge is 0.0917 e. The van der Waals surface area contributed by atoms with E-state index in [0.29, 0.717) is 0 Å². The second kappa shape index (κ2) is 5.87. The van der Waals surface area contributed by atoms with Gasteiger partial charge in [0.15, 0.2) is 0 Å². The Balaban J connectivity index is 3.06. The minimum absolute atomic E-state index is 0.793. The summed E-state index contributed by atoms with van der Waals surface area (Å²) in [5.41, 5.74) is 0. The van der Waals surface area contributed by atoms with Crippen molar-refractivity contribution in [1.29, 1.82) is 0 Å². The Kier molecular flexibility index (Phi) is 5.70. The Morgan fingerprint density at radius 2 is 2.22 bits per heavy atom. The van der Waals surface area contributed by atoms with Crippen LogP contribution in [0.25, 0.3) is 0 Å². The molecule has 9 heavy (non-hydrogen) atoms. The Hall–Kier alpha value is -0.260. The van der Waals surface area contributed by atoms with Gasteiger partial charge in [-0.15, -0.1) is 0 Å². The fourth-order valence-corrected chi connectivity index (χ4v) is 0.692. The van der Waals surface area contributed by atoms with E-state index < -0.39 is 0 Å². The molecule has 1 atom stereocenters. The molecule has 0 amide bonds. The Morgan fingerprint density at radius 1 is 1.56 bits per heavy atom. The van der Waals surface area contributed by atoms with E-state index >= 15 is 0 Å². The Bertz CT molecular complexity index is 72.1. The summed E-state index contributed by atoms with van der Waals surface area (Å²) < 4.78 is 0. The minimum atomic E-state index is 0.793. The average Bonchev–Trinajstić information content (AvgIpc) is 1.89. The van der Waals surface area contributed by atoms with Crippen LogP contribution >= 0.6 is 0 Å². The standard InChI is InChI=1S/C9H17/c1-4-6-7-8-9(3)5-2/h4,6,9H,2,5,7-8H2,1,3H3/b6-4+. The number of hydrogen-bond acceptors (Lipinski definition) is 0. The van der Waals surface area contributed by atoms with Crippen molar-refractivity contribution in [2.75, 3.05) is 0 Å². The van der Waals surface area contributed by atoms with Gasteiger partial charge in [0.1, 0.15) is 0 Å². The van der Waals surface area contributed by atoms with Crippen molar-refractivity contribution >= 4 is 0 Å². The predicted molar refractivity (Wildman–Crippen MR) is 43.2 cm³/mol. The SMILES string of the molecule is [CH2]CC(C)CC/C=C/C. The van der Waals surface area contributed by atoms with Gasteiger partial charge < -0.3 is 0 Å². The third-order valence-electron chi connectivity index (χ3n) is 1.55. The molecule has 0 heteroatoms. The van der Waals surface area contributed by atoms with Crippen molar-refractivity contribution in [1.82, 2.24) is 0 Å². The van der Waals surface area contributed by atoms with Gasteiger partial charge in [-0.2, -0.15) is 0 Å². The number of rotatable bonds is 4. The van der Waals surface area contributed by atoms with Crippen LogP contribution in [0.4, 0.5) is 0 Å². The first kappa shape index (κ1) is 8.74. The lowest BCUT2D eigenvalue weighted by Gasteiger charge is -2.03. The molecule has 0 spiro atoms. The van der Waals surface area contributed by atoms with Gasteiger partial charge >= 0.3 is 0 Å². The van der Waals surface area contributed by atoms with E-state index in [2.05, 4.69) is 32.9 Å². The van der Waals surface area contributed by atoms with Crippen molar-refractivity contribution in [3.8, 4) is 0 Å². The van der Waals surface area contributed by atoms with Gasteiger partial charge in [-0.25, -0.2) is 0 Å². The van der Waals surface area contributed by atoms with Crippen LogP contribution in [-0.2, 0) is 0 Å². The molecule has 0 aliphatic heterocycles. The van der Waals surface area contributed by atoms with Crippen LogP contribution in [-0.4, -0.2) is 0 Å². The number of hydrogen-bond donors (Lipinski definition) is 0. The summed E-state index contributed by atoms with van der Waals surface area (Å²) in [6.07, 6.45) is 7.89. The van der Waals surface area contributed by atoms with Crippen LogP contribution in [0.1, 0.15) is 33.1 Å². The zero-order valence-corrected chi connectivity index (χ0v) is 6.56. The molecule has 53 valence electrons. The van der Waals surface area contributed by atoms with Gasteiger partial charge in [-0.3, -0.25) is 0 Å². The summed E-state index contributed by atoms with van der Waals surface area (Å²) in [6.45, 7) is 8.15. The lowest BCUT2D eigenvalue weighted by atomic mass is 10.0. The molecule has 0 aliphatic carbocycles. The highest BCUT2D eigenvalue weighted by atomic mass is 14.0. The highest BCUT2D eigenvalue weighted by Crippen LogP contribution is 2.08. The van der Waals surface area contributed by atoms with Crippen molar-refractivity contribution in [2.45, 2.75) is 33.1 Å². The molecule has 1 radical (unpaired) electrons. The topological polar surface area (TPSA) is 0 Å². The quantitative estimate of drug-likeness (QED) is 0.506. The normalized spacial score (nSPS) is 14.6. The maximum atomic E-state index is 3.84. The molecule has 0 aliphatic rings. The maximum Gasteiger partial charge on any atom is -0.0348 e. The fourth-order valence-electron chi connectivity index (χ4n) is 0.692. The van der Waals surface area contributed by atoms with Gasteiger partial charge in [0, 0.05) is 0 Å². The molecule has 0 aromatic carbocycles. The van der Waals surface area contributed by atoms with E-state index in [1.165, 1.54) is 12.8 Å². The summed E-state index contributed by atoms with van der Waals surface area (Å²) in [5, 5.41) is 0. The Morgan fingerprint density at radius 3 is 2.67 bits per heavy atom. The van der Waals surface area contributed by atoms with Crippen molar-refractivity contribution in [2.24, 2.45) is 5.92 Å². The van der Waals surface area contributed by atoms with E-state index in [-0.39, 0.29) is 0 Å². The van der Waals surface area contributed by atoms with Gasteiger partial charge in [0.25, 0.3) is 0 Å². The minimum Gasteiger partial charge on any atom is -0.0917 e. The number of allylic oxidation sites excluding steroid dienone is 2.